The van der Waals surface area contributed by atoms with Crippen LogP contribution in [0.25, 0.3) is 11.3 Å². The summed E-state index contributed by atoms with van der Waals surface area (Å²) in [6.45, 7) is 4.27. The lowest BCUT2D eigenvalue weighted by Crippen LogP contribution is -2.31. The van der Waals surface area contributed by atoms with Crippen LogP contribution < -0.4 is 10.1 Å². The Morgan fingerprint density at radius 2 is 1.77 bits per heavy atom. The first kappa shape index (κ1) is 25.8. The zero-order valence-corrected chi connectivity index (χ0v) is 20.5. The van der Waals surface area contributed by atoms with Crippen LogP contribution in [-0.2, 0) is 27.4 Å². The Labute approximate surface area is 206 Å². The van der Waals surface area contributed by atoms with Crippen molar-refractivity contribution in [3.05, 3.63) is 72.2 Å². The van der Waals surface area contributed by atoms with Crippen LogP contribution >= 0.6 is 0 Å². The van der Waals surface area contributed by atoms with Gasteiger partial charge in [-0.1, -0.05) is 62.2 Å². The van der Waals surface area contributed by atoms with E-state index >= 15 is 0 Å². The number of ether oxygens (including phenoxy) is 3. The number of nitrogens with one attached hydrogen (secondary N) is 1. The third-order valence-corrected chi connectivity index (χ3v) is 5.46. The van der Waals surface area contributed by atoms with Gasteiger partial charge >= 0.3 is 12.1 Å². The van der Waals surface area contributed by atoms with Crippen LogP contribution in [-0.4, -0.2) is 35.3 Å². The van der Waals surface area contributed by atoms with Crippen LogP contribution in [0.1, 0.15) is 50.5 Å². The van der Waals surface area contributed by atoms with Gasteiger partial charge in [0.1, 0.15) is 24.7 Å². The number of carbonyl (C=O) groups is 2. The molecule has 0 aliphatic heterocycles. The van der Waals surface area contributed by atoms with Gasteiger partial charge in [-0.3, -0.25) is 4.79 Å². The van der Waals surface area contributed by atoms with Gasteiger partial charge in [0.2, 0.25) is 0 Å². The van der Waals surface area contributed by atoms with Gasteiger partial charge < -0.3 is 24.1 Å². The van der Waals surface area contributed by atoms with Gasteiger partial charge in [0, 0.05) is 11.8 Å². The van der Waals surface area contributed by atoms with Crippen molar-refractivity contribution in [3.63, 3.8) is 0 Å². The highest BCUT2D eigenvalue weighted by Crippen LogP contribution is 2.31. The van der Waals surface area contributed by atoms with Crippen molar-refractivity contribution in [1.29, 1.82) is 0 Å². The number of alkyl carbamates (subject to hydrolysis) is 1. The molecule has 8 nitrogen and oxygen atoms in total. The number of imidazole rings is 1. The molecule has 1 N–H and O–H groups in total. The molecule has 0 radical (unpaired) electrons. The predicted octanol–water partition coefficient (Wildman–Crippen LogP) is 5.28. The lowest BCUT2D eigenvalue weighted by atomic mass is 10.1. The molecule has 3 rings (SSSR count). The molecule has 0 saturated carbocycles. The Morgan fingerprint density at radius 3 is 2.49 bits per heavy atom. The van der Waals surface area contributed by atoms with Crippen LogP contribution in [0.5, 0.6) is 5.75 Å². The maximum atomic E-state index is 12.7. The molecule has 1 aromatic heterocycles. The van der Waals surface area contributed by atoms with E-state index < -0.39 is 12.1 Å². The first-order valence-electron chi connectivity index (χ1n) is 11.9. The molecule has 0 fully saturated rings. The molecule has 186 valence electrons. The smallest absolute Gasteiger partial charge is 0.408 e. The number of unbranched alkanes of at least 4 members (excludes halogenated alkanes) is 1. The van der Waals surface area contributed by atoms with Crippen molar-refractivity contribution in [1.82, 2.24) is 14.9 Å². The second-order valence-corrected chi connectivity index (χ2v) is 8.02. The van der Waals surface area contributed by atoms with E-state index in [0.717, 1.165) is 24.0 Å². The summed E-state index contributed by atoms with van der Waals surface area (Å²) >= 11 is 0. The fourth-order valence-corrected chi connectivity index (χ4v) is 3.75. The normalized spacial score (nSPS) is 11.5. The summed E-state index contributed by atoms with van der Waals surface area (Å²) in [5, 5.41) is 2.95. The van der Waals surface area contributed by atoms with Crippen molar-refractivity contribution >= 4 is 12.1 Å². The minimum Gasteiger partial charge on any atom is -0.496 e. The Morgan fingerprint density at radius 1 is 1.03 bits per heavy atom. The number of para-hydroxylation sites is 1. The molecule has 1 amide bonds. The highest BCUT2D eigenvalue weighted by molar-refractivity contribution is 5.71. The number of rotatable bonds is 12. The van der Waals surface area contributed by atoms with Crippen LogP contribution in [0.4, 0.5) is 4.79 Å². The number of esters is 1. The van der Waals surface area contributed by atoms with Gasteiger partial charge in [-0.2, -0.15) is 0 Å². The van der Waals surface area contributed by atoms with Gasteiger partial charge in [0.15, 0.2) is 0 Å². The molecular weight excluding hydrogens is 446 g/mol. The molecule has 35 heavy (non-hydrogen) atoms. The van der Waals surface area contributed by atoms with Crippen molar-refractivity contribution in [3.8, 4) is 17.0 Å². The third-order valence-electron chi connectivity index (χ3n) is 5.46. The predicted molar refractivity (Wildman–Crippen MR) is 133 cm³/mol. The van der Waals surface area contributed by atoms with E-state index in [1.54, 1.807) is 24.8 Å². The van der Waals surface area contributed by atoms with E-state index in [1.807, 2.05) is 54.6 Å². The number of hydrogen-bond acceptors (Lipinski definition) is 6. The molecule has 1 heterocycles. The van der Waals surface area contributed by atoms with Gasteiger partial charge in [-0.15, -0.1) is 0 Å². The first-order valence-corrected chi connectivity index (χ1v) is 11.9. The zero-order valence-electron chi connectivity index (χ0n) is 20.5. The molecule has 0 saturated heterocycles. The molecular formula is C27H33N3O5. The monoisotopic (exact) mass is 479 g/mol. The van der Waals surface area contributed by atoms with Crippen LogP contribution in [0.3, 0.4) is 0 Å². The summed E-state index contributed by atoms with van der Waals surface area (Å²) in [6.07, 6.45) is 3.69. The number of methoxy groups -OCH3 is 1. The molecule has 0 aliphatic rings. The average Bonchev–Trinajstić information content (AvgIpc) is 3.29. The highest BCUT2D eigenvalue weighted by atomic mass is 16.5. The van der Waals surface area contributed by atoms with Crippen LogP contribution in [0.15, 0.2) is 60.8 Å². The van der Waals surface area contributed by atoms with Gasteiger partial charge in [0.25, 0.3) is 0 Å². The summed E-state index contributed by atoms with van der Waals surface area (Å²) in [5.74, 6) is 0.850. The SMILES string of the molecule is CCCC[C@H](NC(=O)OCc1ccccc1)c1nc(-c2ccccc2OC)cn1CC(=O)OCC. The summed E-state index contributed by atoms with van der Waals surface area (Å²) in [7, 11) is 1.60. The number of carbonyl (C=O) groups excluding carboxylic acids is 2. The Hall–Kier alpha value is -3.81. The number of benzene rings is 2. The summed E-state index contributed by atoms with van der Waals surface area (Å²) in [6, 6.07) is 16.6. The second-order valence-electron chi connectivity index (χ2n) is 8.02. The molecule has 8 heteroatoms. The topological polar surface area (TPSA) is 91.7 Å². The van der Waals surface area contributed by atoms with E-state index in [-0.39, 0.29) is 25.7 Å². The maximum absolute atomic E-state index is 12.7. The van der Waals surface area contributed by atoms with E-state index in [9.17, 15) is 9.59 Å². The summed E-state index contributed by atoms with van der Waals surface area (Å²) < 4.78 is 17.9. The minimum absolute atomic E-state index is 0.0192. The van der Waals surface area contributed by atoms with Gasteiger partial charge in [-0.25, -0.2) is 9.78 Å². The average molecular weight is 480 g/mol. The maximum Gasteiger partial charge on any atom is 0.408 e. The fourth-order valence-electron chi connectivity index (χ4n) is 3.75. The van der Waals surface area contributed by atoms with Crippen molar-refractivity contribution in [2.75, 3.05) is 13.7 Å². The summed E-state index contributed by atoms with van der Waals surface area (Å²) in [4.78, 5) is 29.9. The van der Waals surface area contributed by atoms with Crippen LogP contribution in [0.2, 0.25) is 0 Å². The molecule has 0 unspecified atom stereocenters. The van der Waals surface area contributed by atoms with Gasteiger partial charge in [-0.05, 0) is 31.0 Å². The largest absolute Gasteiger partial charge is 0.496 e. The van der Waals surface area contributed by atoms with Crippen molar-refractivity contribution in [2.24, 2.45) is 0 Å². The Balaban J connectivity index is 1.89. The third kappa shape index (κ3) is 7.34. The lowest BCUT2D eigenvalue weighted by Gasteiger charge is -2.19. The van der Waals surface area contributed by atoms with E-state index in [4.69, 9.17) is 19.2 Å². The van der Waals surface area contributed by atoms with Gasteiger partial charge in [0.05, 0.1) is 25.5 Å². The standard InChI is InChI=1S/C27H33N3O5/c1-4-6-15-22(29-27(32)35-19-20-12-8-7-9-13-20)26-28-23(17-30(26)18-25(31)34-5-2)21-14-10-11-16-24(21)33-3/h7-14,16-17,22H,4-6,15,18-19H2,1-3H3,(H,29,32)/t22-/m0/s1. The van der Waals surface area contributed by atoms with Crippen molar-refractivity contribution < 1.29 is 23.8 Å². The number of amides is 1. The first-order chi connectivity index (χ1) is 17.0. The highest BCUT2D eigenvalue weighted by Gasteiger charge is 2.24. The molecule has 1 atom stereocenters. The van der Waals surface area contributed by atoms with Crippen molar-refractivity contribution in [2.45, 2.75) is 52.3 Å². The number of nitrogens with zero attached hydrogens (tertiary/aromatic N) is 2. The fraction of sp³-hybridized carbons (Fsp3) is 0.370. The molecule has 3 aromatic rings. The number of hydrogen-bond donors (Lipinski definition) is 1. The number of aromatic nitrogens is 2. The summed E-state index contributed by atoms with van der Waals surface area (Å²) in [5.41, 5.74) is 2.33. The van der Waals surface area contributed by atoms with E-state index in [0.29, 0.717) is 23.7 Å². The van der Waals surface area contributed by atoms with Crippen LogP contribution in [0, 0.1) is 0 Å². The second kappa shape index (κ2) is 13.2. The minimum atomic E-state index is -0.542. The quantitative estimate of drug-likeness (QED) is 0.356. The molecule has 0 spiro atoms. The van der Waals surface area contributed by atoms with E-state index in [2.05, 4.69) is 12.2 Å². The molecule has 0 aliphatic carbocycles. The molecule has 0 bridgehead atoms. The Bertz CT molecular complexity index is 1100. The lowest BCUT2D eigenvalue weighted by molar-refractivity contribution is -0.143. The van der Waals surface area contributed by atoms with E-state index in [1.165, 1.54) is 0 Å². The Kier molecular flexibility index (Phi) is 9.71. The molecule has 2 aromatic carbocycles. The zero-order chi connectivity index (χ0) is 25.0.